The van der Waals surface area contributed by atoms with Crippen LogP contribution in [0, 0.1) is 0 Å². The van der Waals surface area contributed by atoms with Crippen molar-refractivity contribution in [3.05, 3.63) is 57.1 Å². The fourth-order valence-electron chi connectivity index (χ4n) is 3.86. The Morgan fingerprint density at radius 1 is 1.06 bits per heavy atom. The van der Waals surface area contributed by atoms with Crippen LogP contribution in [0.4, 0.5) is 5.82 Å². The fraction of sp³-hybridized carbons (Fsp3) is 0.286. The number of aryl methyl sites for hydroxylation is 1. The minimum atomic E-state index is -0.132. The second kappa shape index (κ2) is 8.35. The van der Waals surface area contributed by atoms with Gasteiger partial charge in [-0.3, -0.25) is 14.2 Å². The van der Waals surface area contributed by atoms with E-state index in [0.717, 1.165) is 33.6 Å². The van der Waals surface area contributed by atoms with Crippen LogP contribution < -0.4 is 10.5 Å². The number of carbonyl (C=O) groups is 1. The molecule has 1 saturated heterocycles. The van der Waals surface area contributed by atoms with Crippen LogP contribution in [0.5, 0.6) is 0 Å². The molecule has 0 spiro atoms. The summed E-state index contributed by atoms with van der Waals surface area (Å²) in [5, 5.41) is 3.62. The first-order valence-corrected chi connectivity index (χ1v) is 11.6. The highest BCUT2D eigenvalue weighted by molar-refractivity contribution is 9.10. The van der Waals surface area contributed by atoms with Crippen LogP contribution in [-0.4, -0.2) is 56.5 Å². The van der Waals surface area contributed by atoms with E-state index >= 15 is 0 Å². The molecule has 10 heteroatoms. The molecule has 31 heavy (non-hydrogen) atoms. The van der Waals surface area contributed by atoms with Crippen LogP contribution in [-0.2, 0) is 11.3 Å². The molecule has 4 heterocycles. The lowest BCUT2D eigenvalue weighted by Crippen LogP contribution is -2.49. The fourth-order valence-corrected chi connectivity index (χ4v) is 4.95. The molecule has 1 fully saturated rings. The van der Waals surface area contributed by atoms with Gasteiger partial charge in [-0.2, -0.15) is 0 Å². The zero-order valence-electron chi connectivity index (χ0n) is 16.6. The van der Waals surface area contributed by atoms with Gasteiger partial charge in [-0.15, -0.1) is 11.3 Å². The van der Waals surface area contributed by atoms with E-state index in [-0.39, 0.29) is 17.9 Å². The molecule has 1 aliphatic rings. The molecule has 4 aromatic rings. The van der Waals surface area contributed by atoms with Crippen LogP contribution in [0.3, 0.4) is 0 Å². The van der Waals surface area contributed by atoms with Crippen molar-refractivity contribution in [2.24, 2.45) is 0 Å². The Kier molecular flexibility index (Phi) is 5.41. The average Bonchev–Trinajstić information content (AvgIpc) is 3.28. The number of nitrogens with zero attached hydrogens (tertiary/aromatic N) is 6. The Morgan fingerprint density at radius 3 is 2.74 bits per heavy atom. The number of hydrogen-bond acceptors (Lipinski definition) is 7. The maximum Gasteiger partial charge on any atom is 0.261 e. The van der Waals surface area contributed by atoms with E-state index in [1.54, 1.807) is 29.8 Å². The summed E-state index contributed by atoms with van der Waals surface area (Å²) in [4.78, 5) is 43.6. The number of halogens is 1. The Balaban J connectivity index is 1.22. The van der Waals surface area contributed by atoms with Crippen molar-refractivity contribution in [2.45, 2.75) is 13.0 Å². The summed E-state index contributed by atoms with van der Waals surface area (Å²) in [5.41, 5.74) is 0.517. The number of anilines is 1. The van der Waals surface area contributed by atoms with Crippen molar-refractivity contribution < 1.29 is 4.79 Å². The maximum absolute atomic E-state index is 12.8. The Labute approximate surface area is 190 Å². The standard InChI is InChI=1S/C21H19BrN6O2S/c22-14-1-2-17-16(11-14)21(30)28(13-25-17)5-3-18(29)26-6-8-27(9-7-26)19-15-4-10-31-20(15)24-12-23-19/h1-2,4,10-13H,3,5-9H2. The second-order valence-electron chi connectivity index (χ2n) is 7.36. The molecule has 0 unspecified atom stereocenters. The predicted octanol–water partition coefficient (Wildman–Crippen LogP) is 2.90. The van der Waals surface area contributed by atoms with Gasteiger partial charge in [0.2, 0.25) is 5.91 Å². The zero-order valence-corrected chi connectivity index (χ0v) is 19.0. The third-order valence-corrected chi connectivity index (χ3v) is 6.84. The van der Waals surface area contributed by atoms with Crippen molar-refractivity contribution in [2.75, 3.05) is 31.1 Å². The summed E-state index contributed by atoms with van der Waals surface area (Å²) in [6.07, 6.45) is 3.38. The number of aromatic nitrogens is 4. The number of rotatable bonds is 4. The van der Waals surface area contributed by atoms with Crippen LogP contribution in [0.2, 0.25) is 0 Å². The number of benzene rings is 1. The summed E-state index contributed by atoms with van der Waals surface area (Å²) in [6.45, 7) is 3.02. The molecule has 158 valence electrons. The normalized spacial score (nSPS) is 14.5. The van der Waals surface area contributed by atoms with E-state index in [0.29, 0.717) is 30.5 Å². The summed E-state index contributed by atoms with van der Waals surface area (Å²) >= 11 is 4.99. The Hall–Kier alpha value is -2.85. The van der Waals surface area contributed by atoms with Crippen LogP contribution in [0.25, 0.3) is 21.1 Å². The minimum Gasteiger partial charge on any atom is -0.352 e. The van der Waals surface area contributed by atoms with E-state index in [9.17, 15) is 9.59 Å². The van der Waals surface area contributed by atoms with Crippen molar-refractivity contribution in [1.82, 2.24) is 24.4 Å². The van der Waals surface area contributed by atoms with E-state index in [1.807, 2.05) is 22.4 Å². The molecular formula is C21H19BrN6O2S. The van der Waals surface area contributed by atoms with E-state index in [4.69, 9.17) is 0 Å². The van der Waals surface area contributed by atoms with Gasteiger partial charge in [-0.1, -0.05) is 15.9 Å². The molecule has 0 aliphatic carbocycles. The summed E-state index contributed by atoms with van der Waals surface area (Å²) in [5.74, 6) is 0.975. The summed E-state index contributed by atoms with van der Waals surface area (Å²) in [6, 6.07) is 7.46. The van der Waals surface area contributed by atoms with Crippen molar-refractivity contribution >= 4 is 60.1 Å². The molecule has 3 aromatic heterocycles. The molecule has 0 radical (unpaired) electrons. The number of hydrogen-bond donors (Lipinski definition) is 0. The number of piperazine rings is 1. The summed E-state index contributed by atoms with van der Waals surface area (Å²) < 4.78 is 2.34. The Morgan fingerprint density at radius 2 is 1.90 bits per heavy atom. The third kappa shape index (κ3) is 3.92. The molecule has 1 aliphatic heterocycles. The van der Waals surface area contributed by atoms with Gasteiger partial charge in [-0.05, 0) is 29.6 Å². The van der Waals surface area contributed by atoms with Crippen molar-refractivity contribution in [3.63, 3.8) is 0 Å². The van der Waals surface area contributed by atoms with Gasteiger partial charge in [0.1, 0.15) is 17.0 Å². The first-order chi connectivity index (χ1) is 15.1. The highest BCUT2D eigenvalue weighted by atomic mass is 79.9. The van der Waals surface area contributed by atoms with Crippen LogP contribution in [0.1, 0.15) is 6.42 Å². The molecule has 5 rings (SSSR count). The van der Waals surface area contributed by atoms with Gasteiger partial charge in [0.05, 0.1) is 22.6 Å². The van der Waals surface area contributed by atoms with Gasteiger partial charge in [0.25, 0.3) is 5.56 Å². The molecule has 0 saturated carbocycles. The zero-order chi connectivity index (χ0) is 21.4. The van der Waals surface area contributed by atoms with Gasteiger partial charge in [-0.25, -0.2) is 15.0 Å². The molecular weight excluding hydrogens is 480 g/mol. The molecule has 0 N–H and O–H groups in total. The van der Waals surface area contributed by atoms with Crippen molar-refractivity contribution in [3.8, 4) is 0 Å². The molecule has 1 amide bonds. The van der Waals surface area contributed by atoms with E-state index in [1.165, 1.54) is 10.9 Å². The van der Waals surface area contributed by atoms with Crippen LogP contribution in [0.15, 0.2) is 51.6 Å². The van der Waals surface area contributed by atoms with E-state index in [2.05, 4.69) is 35.8 Å². The first-order valence-electron chi connectivity index (χ1n) is 9.96. The van der Waals surface area contributed by atoms with Gasteiger partial charge >= 0.3 is 0 Å². The smallest absolute Gasteiger partial charge is 0.261 e. The number of amides is 1. The number of thiophene rings is 1. The third-order valence-electron chi connectivity index (χ3n) is 5.53. The summed E-state index contributed by atoms with van der Waals surface area (Å²) in [7, 11) is 0. The SMILES string of the molecule is O=C(CCn1cnc2ccc(Br)cc2c1=O)N1CCN(c2ncnc3sccc23)CC1. The number of fused-ring (bicyclic) bond motifs is 2. The lowest BCUT2D eigenvalue weighted by Gasteiger charge is -2.35. The lowest BCUT2D eigenvalue weighted by molar-refractivity contribution is -0.131. The quantitative estimate of drug-likeness (QED) is 0.430. The molecule has 1 aromatic carbocycles. The Bertz CT molecular complexity index is 1330. The maximum atomic E-state index is 12.8. The largest absolute Gasteiger partial charge is 0.352 e. The molecule has 0 bridgehead atoms. The van der Waals surface area contributed by atoms with Crippen molar-refractivity contribution in [1.29, 1.82) is 0 Å². The second-order valence-corrected chi connectivity index (χ2v) is 9.17. The predicted molar refractivity (Wildman–Crippen MR) is 125 cm³/mol. The minimum absolute atomic E-state index is 0.0456. The topological polar surface area (TPSA) is 84.2 Å². The molecule has 0 atom stereocenters. The lowest BCUT2D eigenvalue weighted by atomic mass is 10.2. The average molecular weight is 499 g/mol. The van der Waals surface area contributed by atoms with Crippen LogP contribution >= 0.6 is 27.3 Å². The highest BCUT2D eigenvalue weighted by Crippen LogP contribution is 2.27. The number of carbonyl (C=O) groups excluding carboxylic acids is 1. The highest BCUT2D eigenvalue weighted by Gasteiger charge is 2.23. The van der Waals surface area contributed by atoms with Gasteiger partial charge < -0.3 is 9.80 Å². The monoisotopic (exact) mass is 498 g/mol. The van der Waals surface area contributed by atoms with Gasteiger partial charge in [0, 0.05) is 43.6 Å². The van der Waals surface area contributed by atoms with E-state index < -0.39 is 0 Å². The molecule has 8 nitrogen and oxygen atoms in total. The van der Waals surface area contributed by atoms with Gasteiger partial charge in [0.15, 0.2) is 0 Å². The first kappa shape index (κ1) is 20.1.